The lowest BCUT2D eigenvalue weighted by Gasteiger charge is -2.23. The lowest BCUT2D eigenvalue weighted by Crippen LogP contribution is -2.45. The Kier molecular flexibility index (Phi) is 4.89. The Labute approximate surface area is 120 Å². The summed E-state index contributed by atoms with van der Waals surface area (Å²) in [5, 5.41) is 0.368. The molecule has 1 aromatic carbocycles. The molecule has 1 aromatic rings. The van der Waals surface area contributed by atoms with Gasteiger partial charge in [0.1, 0.15) is 0 Å². The number of sulfone groups is 1. The van der Waals surface area contributed by atoms with Gasteiger partial charge in [-0.2, -0.15) is 0 Å². The van der Waals surface area contributed by atoms with Crippen LogP contribution >= 0.6 is 34.8 Å². The minimum Gasteiger partial charge on any atom is -0.338 e. The summed E-state index contributed by atoms with van der Waals surface area (Å²) in [7, 11) is -3.98. The van der Waals surface area contributed by atoms with Gasteiger partial charge >= 0.3 is 0 Å². The first-order valence-corrected chi connectivity index (χ1v) is 7.44. The molecule has 1 rings (SSSR count). The number of amides is 1. The van der Waals surface area contributed by atoms with Crippen LogP contribution in [0.25, 0.3) is 0 Å². The van der Waals surface area contributed by atoms with E-state index in [2.05, 4.69) is 0 Å². The van der Waals surface area contributed by atoms with Crippen LogP contribution in [0.1, 0.15) is 5.56 Å². The van der Waals surface area contributed by atoms with E-state index in [-0.39, 0.29) is 11.3 Å². The van der Waals surface area contributed by atoms with Crippen molar-refractivity contribution in [3.63, 3.8) is 0 Å². The highest BCUT2D eigenvalue weighted by Gasteiger charge is 2.43. The van der Waals surface area contributed by atoms with Crippen molar-refractivity contribution >= 4 is 51.1 Å². The Bertz CT molecular complexity index is 522. The number of nitrogens with one attached hydrogen (secondary N) is 1. The standard InChI is InChI=1S/C10H10Cl3NO3S/c1-7-2-4-8(5-3-7)18(16,17)9(14-6-15)10(11,12)13/h2-6,9H,1H3,(H,14,15)/t9-/m1/s1. The number of benzene rings is 1. The van der Waals surface area contributed by atoms with Crippen LogP contribution in [0.5, 0.6) is 0 Å². The molecule has 0 radical (unpaired) electrons. The topological polar surface area (TPSA) is 63.2 Å². The quantitative estimate of drug-likeness (QED) is 0.680. The van der Waals surface area contributed by atoms with Crippen molar-refractivity contribution < 1.29 is 13.2 Å². The summed E-state index contributed by atoms with van der Waals surface area (Å²) in [4.78, 5) is 10.4. The second-order valence-corrected chi connectivity index (χ2v) is 7.97. The molecule has 1 amide bonds. The number of hydrogen-bond acceptors (Lipinski definition) is 3. The third-order valence-electron chi connectivity index (χ3n) is 2.18. The van der Waals surface area contributed by atoms with Gasteiger partial charge in [-0.3, -0.25) is 4.79 Å². The zero-order valence-corrected chi connectivity index (χ0v) is 12.3. The SMILES string of the molecule is Cc1ccc(S(=O)(=O)[C@@H](NC=O)C(Cl)(Cl)Cl)cc1. The fourth-order valence-electron chi connectivity index (χ4n) is 1.29. The van der Waals surface area contributed by atoms with Gasteiger partial charge in [-0.25, -0.2) is 8.42 Å². The molecule has 0 fully saturated rings. The van der Waals surface area contributed by atoms with Crippen LogP contribution < -0.4 is 5.32 Å². The number of aryl methyl sites for hydroxylation is 1. The average Bonchev–Trinajstić information content (AvgIpc) is 2.24. The van der Waals surface area contributed by atoms with Crippen molar-refractivity contribution in [2.45, 2.75) is 21.0 Å². The molecule has 1 atom stereocenters. The Morgan fingerprint density at radius 3 is 2.11 bits per heavy atom. The lowest BCUT2D eigenvalue weighted by molar-refractivity contribution is -0.109. The van der Waals surface area contributed by atoms with Crippen molar-refractivity contribution in [1.29, 1.82) is 0 Å². The molecule has 100 valence electrons. The highest BCUT2D eigenvalue weighted by Crippen LogP contribution is 2.35. The van der Waals surface area contributed by atoms with Crippen LogP contribution in [0, 0.1) is 6.92 Å². The van der Waals surface area contributed by atoms with E-state index in [1.54, 1.807) is 12.1 Å². The van der Waals surface area contributed by atoms with Crippen LogP contribution in [0.15, 0.2) is 29.2 Å². The van der Waals surface area contributed by atoms with Crippen LogP contribution in [0.3, 0.4) is 0 Å². The van der Waals surface area contributed by atoms with Crippen molar-refractivity contribution in [2.75, 3.05) is 0 Å². The predicted octanol–water partition coefficient (Wildman–Crippen LogP) is 2.21. The first kappa shape index (κ1) is 15.6. The van der Waals surface area contributed by atoms with E-state index < -0.39 is 19.0 Å². The summed E-state index contributed by atoms with van der Waals surface area (Å²) in [6, 6.07) is 6.01. The molecule has 18 heavy (non-hydrogen) atoms. The van der Waals surface area contributed by atoms with Crippen LogP contribution in [-0.2, 0) is 14.6 Å². The van der Waals surface area contributed by atoms with E-state index in [0.717, 1.165) is 5.56 Å². The largest absolute Gasteiger partial charge is 0.338 e. The van der Waals surface area contributed by atoms with Gasteiger partial charge in [-0.1, -0.05) is 52.5 Å². The summed E-state index contributed by atoms with van der Waals surface area (Å²) in [5.41, 5.74) is 0.891. The summed E-state index contributed by atoms with van der Waals surface area (Å²) in [6.45, 7) is 1.81. The Hall–Kier alpha value is -0.490. The molecular weight excluding hydrogens is 321 g/mol. The fraction of sp³-hybridized carbons (Fsp3) is 0.300. The molecular formula is C10H10Cl3NO3S. The van der Waals surface area contributed by atoms with Crippen molar-refractivity contribution in [2.24, 2.45) is 0 Å². The van der Waals surface area contributed by atoms with E-state index in [4.69, 9.17) is 34.8 Å². The number of carbonyl (C=O) groups excluding carboxylic acids is 1. The zero-order chi connectivity index (χ0) is 14.0. The number of hydrogen-bond donors (Lipinski definition) is 1. The van der Waals surface area contributed by atoms with Gasteiger partial charge < -0.3 is 5.32 Å². The molecule has 0 aromatic heterocycles. The molecule has 0 unspecified atom stereocenters. The zero-order valence-electron chi connectivity index (χ0n) is 9.23. The maximum absolute atomic E-state index is 12.2. The molecule has 0 saturated carbocycles. The van der Waals surface area contributed by atoms with Crippen molar-refractivity contribution in [3.8, 4) is 0 Å². The normalized spacial score (nSPS) is 14.0. The smallest absolute Gasteiger partial charge is 0.225 e. The third kappa shape index (κ3) is 3.51. The van der Waals surface area contributed by atoms with Crippen molar-refractivity contribution in [1.82, 2.24) is 5.32 Å². The summed E-state index contributed by atoms with van der Waals surface area (Å²) >= 11 is 16.7. The van der Waals surface area contributed by atoms with E-state index in [1.165, 1.54) is 12.1 Å². The van der Waals surface area contributed by atoms with Gasteiger partial charge in [0, 0.05) is 0 Å². The minimum atomic E-state index is -3.98. The van der Waals surface area contributed by atoms with Crippen LogP contribution in [0.2, 0.25) is 0 Å². The van der Waals surface area contributed by atoms with E-state index >= 15 is 0 Å². The Morgan fingerprint density at radius 2 is 1.72 bits per heavy atom. The van der Waals surface area contributed by atoms with Crippen LogP contribution in [-0.4, -0.2) is 24.0 Å². The highest BCUT2D eigenvalue weighted by molar-refractivity contribution is 7.92. The Balaban J connectivity index is 3.25. The van der Waals surface area contributed by atoms with E-state index in [1.807, 2.05) is 12.2 Å². The molecule has 1 N–H and O–H groups in total. The van der Waals surface area contributed by atoms with Crippen LogP contribution in [0.4, 0.5) is 0 Å². The first-order chi connectivity index (χ1) is 8.19. The molecule has 0 spiro atoms. The molecule has 0 aliphatic carbocycles. The van der Waals surface area contributed by atoms with E-state index in [9.17, 15) is 13.2 Å². The average molecular weight is 331 g/mol. The number of halogens is 3. The van der Waals surface area contributed by atoms with Gasteiger partial charge in [0.15, 0.2) is 5.37 Å². The molecule has 0 saturated heterocycles. The minimum absolute atomic E-state index is 0.0289. The number of alkyl halides is 3. The molecule has 0 heterocycles. The lowest BCUT2D eigenvalue weighted by atomic mass is 10.2. The fourth-order valence-corrected chi connectivity index (χ4v) is 3.90. The predicted molar refractivity (Wildman–Crippen MR) is 71.6 cm³/mol. The summed E-state index contributed by atoms with van der Waals surface area (Å²) < 4.78 is 22.2. The first-order valence-electron chi connectivity index (χ1n) is 4.76. The number of carbonyl (C=O) groups is 1. The van der Waals surface area contributed by atoms with Gasteiger partial charge in [0.05, 0.1) is 4.90 Å². The van der Waals surface area contributed by atoms with Crippen molar-refractivity contribution in [3.05, 3.63) is 29.8 Å². The maximum Gasteiger partial charge on any atom is 0.225 e. The number of rotatable bonds is 4. The molecule has 4 nitrogen and oxygen atoms in total. The maximum atomic E-state index is 12.2. The van der Waals surface area contributed by atoms with E-state index in [0.29, 0.717) is 0 Å². The molecule has 0 aliphatic rings. The molecule has 8 heteroatoms. The second-order valence-electron chi connectivity index (χ2n) is 3.56. The molecule has 0 bridgehead atoms. The second kappa shape index (κ2) is 5.65. The third-order valence-corrected chi connectivity index (χ3v) is 5.26. The highest BCUT2D eigenvalue weighted by atomic mass is 35.6. The van der Waals surface area contributed by atoms with Gasteiger partial charge in [0.2, 0.25) is 20.0 Å². The van der Waals surface area contributed by atoms with Gasteiger partial charge in [-0.15, -0.1) is 0 Å². The summed E-state index contributed by atoms with van der Waals surface area (Å²) in [5.74, 6) is 0. The van der Waals surface area contributed by atoms with Gasteiger partial charge in [-0.05, 0) is 19.1 Å². The van der Waals surface area contributed by atoms with Gasteiger partial charge in [0.25, 0.3) is 0 Å². The summed E-state index contributed by atoms with van der Waals surface area (Å²) in [6.07, 6.45) is 0.179. The Morgan fingerprint density at radius 1 is 1.22 bits per heavy atom. The molecule has 0 aliphatic heterocycles. The monoisotopic (exact) mass is 329 g/mol.